The predicted molar refractivity (Wildman–Crippen MR) is 88.9 cm³/mol. The molecule has 0 atom stereocenters. The summed E-state index contributed by atoms with van der Waals surface area (Å²) in [7, 11) is 0. The van der Waals surface area contributed by atoms with Crippen LogP contribution in [0.5, 0.6) is 0 Å². The Hall–Kier alpha value is -3.10. The van der Waals surface area contributed by atoms with Crippen LogP contribution in [0.4, 0.5) is 10.1 Å². The molecule has 0 radical (unpaired) electrons. The van der Waals surface area contributed by atoms with Gasteiger partial charge in [0.15, 0.2) is 5.65 Å². The van der Waals surface area contributed by atoms with Gasteiger partial charge < -0.3 is 0 Å². The lowest BCUT2D eigenvalue weighted by molar-refractivity contribution is -0.385. The number of hydrogen-bond acceptors (Lipinski definition) is 5. The first kappa shape index (κ1) is 16.7. The van der Waals surface area contributed by atoms with Crippen molar-refractivity contribution in [3.05, 3.63) is 62.6 Å². The van der Waals surface area contributed by atoms with E-state index in [1.807, 2.05) is 20.8 Å². The van der Waals surface area contributed by atoms with Crippen molar-refractivity contribution in [1.29, 1.82) is 0 Å². The topological polar surface area (TPSA) is 95.8 Å². The summed E-state index contributed by atoms with van der Waals surface area (Å²) < 4.78 is 16.9. The molecule has 0 aliphatic heterocycles. The summed E-state index contributed by atoms with van der Waals surface area (Å²) in [5.74, 6) is -0.744. The van der Waals surface area contributed by atoms with Gasteiger partial charge in [0, 0.05) is 11.6 Å². The van der Waals surface area contributed by atoms with E-state index in [1.165, 1.54) is 29.2 Å². The summed E-state index contributed by atoms with van der Waals surface area (Å²) in [6.07, 6.45) is 2.77. The summed E-state index contributed by atoms with van der Waals surface area (Å²) in [4.78, 5) is 26.9. The third-order valence-corrected chi connectivity index (χ3v) is 3.78. The van der Waals surface area contributed by atoms with Crippen molar-refractivity contribution in [2.75, 3.05) is 0 Å². The quantitative estimate of drug-likeness (QED) is 0.536. The van der Waals surface area contributed by atoms with Crippen LogP contribution in [0.2, 0.25) is 0 Å². The fraction of sp³-hybridized carbons (Fsp3) is 0.312. The summed E-state index contributed by atoms with van der Waals surface area (Å²) in [5.41, 5.74) is -0.403. The number of nitrogens with zero attached hydrogens (tertiary/aromatic N) is 5. The van der Waals surface area contributed by atoms with E-state index in [4.69, 9.17) is 0 Å². The van der Waals surface area contributed by atoms with Gasteiger partial charge in [-0.2, -0.15) is 5.10 Å². The Morgan fingerprint density at radius 1 is 1.32 bits per heavy atom. The van der Waals surface area contributed by atoms with Crippen LogP contribution >= 0.6 is 0 Å². The Balaban J connectivity index is 2.02. The van der Waals surface area contributed by atoms with Crippen molar-refractivity contribution in [3.8, 4) is 0 Å². The average Bonchev–Trinajstić information content (AvgIpc) is 2.96. The van der Waals surface area contributed by atoms with Crippen molar-refractivity contribution in [3.63, 3.8) is 0 Å². The number of nitro groups is 1. The van der Waals surface area contributed by atoms with Crippen molar-refractivity contribution in [2.45, 2.75) is 32.9 Å². The van der Waals surface area contributed by atoms with E-state index in [0.29, 0.717) is 11.0 Å². The number of non-ortho nitro benzene ring substituents is 1. The van der Waals surface area contributed by atoms with Gasteiger partial charge in [-0.3, -0.25) is 19.5 Å². The van der Waals surface area contributed by atoms with E-state index in [1.54, 1.807) is 4.68 Å². The monoisotopic (exact) mass is 345 g/mol. The van der Waals surface area contributed by atoms with E-state index in [-0.39, 0.29) is 28.9 Å². The summed E-state index contributed by atoms with van der Waals surface area (Å²) in [6.45, 7) is 5.75. The third kappa shape index (κ3) is 3.00. The van der Waals surface area contributed by atoms with Crippen molar-refractivity contribution in [1.82, 2.24) is 19.3 Å². The zero-order chi connectivity index (χ0) is 18.4. The van der Waals surface area contributed by atoms with Gasteiger partial charge >= 0.3 is 0 Å². The molecule has 3 aromatic rings. The Morgan fingerprint density at radius 2 is 2.04 bits per heavy atom. The van der Waals surface area contributed by atoms with Crippen molar-refractivity contribution in [2.24, 2.45) is 0 Å². The SMILES string of the molecule is CC(C)(C)n1ncc2c(=O)n(Cc3ccc([N+](=O)[O-])cc3F)cnc21. The molecule has 1 aromatic carbocycles. The van der Waals surface area contributed by atoms with Crippen molar-refractivity contribution < 1.29 is 9.31 Å². The molecule has 25 heavy (non-hydrogen) atoms. The number of nitro benzene ring substituents is 1. The highest BCUT2D eigenvalue weighted by Crippen LogP contribution is 2.19. The molecule has 2 heterocycles. The summed E-state index contributed by atoms with van der Waals surface area (Å²) in [6, 6.07) is 3.33. The van der Waals surface area contributed by atoms with Crippen LogP contribution in [0, 0.1) is 15.9 Å². The van der Waals surface area contributed by atoms with Gasteiger partial charge in [0.1, 0.15) is 17.5 Å². The van der Waals surface area contributed by atoms with Crippen LogP contribution in [0.15, 0.2) is 35.5 Å². The largest absolute Gasteiger partial charge is 0.294 e. The second-order valence-corrected chi connectivity index (χ2v) is 6.67. The third-order valence-electron chi connectivity index (χ3n) is 3.78. The fourth-order valence-electron chi connectivity index (χ4n) is 2.51. The standard InChI is InChI=1S/C16H16FN5O3/c1-16(2,3)21-14-12(7-19-21)15(23)20(9-18-14)8-10-4-5-11(22(24)25)6-13(10)17/h4-7,9H,8H2,1-3H3. The predicted octanol–water partition coefficient (Wildman–Crippen LogP) is 2.44. The van der Waals surface area contributed by atoms with Gasteiger partial charge in [0.2, 0.25) is 0 Å². The molecule has 0 spiro atoms. The van der Waals surface area contributed by atoms with E-state index in [2.05, 4.69) is 10.1 Å². The van der Waals surface area contributed by atoms with Gasteiger partial charge in [-0.25, -0.2) is 14.1 Å². The van der Waals surface area contributed by atoms with Gasteiger partial charge in [-0.15, -0.1) is 0 Å². The molecule has 0 aliphatic carbocycles. The average molecular weight is 345 g/mol. The van der Waals surface area contributed by atoms with Gasteiger partial charge in [0.05, 0.1) is 29.3 Å². The minimum absolute atomic E-state index is 0.0771. The molecular weight excluding hydrogens is 329 g/mol. The molecule has 0 N–H and O–H groups in total. The van der Waals surface area contributed by atoms with Crippen LogP contribution in [0.1, 0.15) is 26.3 Å². The Bertz CT molecular complexity index is 1030. The lowest BCUT2D eigenvalue weighted by Gasteiger charge is -2.19. The first-order valence-corrected chi connectivity index (χ1v) is 7.55. The Labute approximate surface area is 141 Å². The van der Waals surface area contributed by atoms with E-state index < -0.39 is 10.7 Å². The molecule has 130 valence electrons. The van der Waals surface area contributed by atoms with Crippen LogP contribution in [-0.4, -0.2) is 24.3 Å². The zero-order valence-electron chi connectivity index (χ0n) is 13.9. The number of aromatic nitrogens is 4. The highest BCUT2D eigenvalue weighted by molar-refractivity contribution is 5.73. The van der Waals surface area contributed by atoms with E-state index >= 15 is 0 Å². The molecule has 0 unspecified atom stereocenters. The molecule has 2 aromatic heterocycles. The van der Waals surface area contributed by atoms with Crippen LogP contribution in [-0.2, 0) is 12.1 Å². The molecule has 0 fully saturated rings. The van der Waals surface area contributed by atoms with Crippen LogP contribution < -0.4 is 5.56 Å². The molecule has 0 amide bonds. The van der Waals surface area contributed by atoms with Gasteiger partial charge in [-0.1, -0.05) is 0 Å². The second kappa shape index (κ2) is 5.76. The van der Waals surface area contributed by atoms with Crippen molar-refractivity contribution >= 4 is 16.7 Å². The maximum atomic E-state index is 14.0. The number of rotatable bonds is 3. The second-order valence-electron chi connectivity index (χ2n) is 6.67. The first-order valence-electron chi connectivity index (χ1n) is 7.55. The van der Waals surface area contributed by atoms with Gasteiger partial charge in [-0.05, 0) is 26.8 Å². The van der Waals surface area contributed by atoms with Gasteiger partial charge in [0.25, 0.3) is 11.2 Å². The molecule has 0 saturated heterocycles. The summed E-state index contributed by atoms with van der Waals surface area (Å²) >= 11 is 0. The highest BCUT2D eigenvalue weighted by atomic mass is 19.1. The normalized spacial score (nSPS) is 11.8. The molecule has 0 bridgehead atoms. The van der Waals surface area contributed by atoms with E-state index in [9.17, 15) is 19.3 Å². The minimum Gasteiger partial charge on any atom is -0.294 e. The number of halogens is 1. The number of fused-ring (bicyclic) bond motifs is 1. The molecule has 0 saturated carbocycles. The highest BCUT2D eigenvalue weighted by Gasteiger charge is 2.20. The minimum atomic E-state index is -0.744. The maximum Gasteiger partial charge on any atom is 0.272 e. The zero-order valence-corrected chi connectivity index (χ0v) is 13.9. The summed E-state index contributed by atoms with van der Waals surface area (Å²) in [5, 5.41) is 15.2. The first-order chi connectivity index (χ1) is 11.7. The Kier molecular flexibility index (Phi) is 3.86. The molecule has 9 heteroatoms. The molecule has 3 rings (SSSR count). The number of hydrogen-bond donors (Lipinski definition) is 0. The number of benzene rings is 1. The van der Waals surface area contributed by atoms with E-state index in [0.717, 1.165) is 6.07 Å². The molecule has 8 nitrogen and oxygen atoms in total. The fourth-order valence-corrected chi connectivity index (χ4v) is 2.51. The maximum absolute atomic E-state index is 14.0. The molecule has 0 aliphatic rings. The van der Waals surface area contributed by atoms with Crippen LogP contribution in [0.3, 0.4) is 0 Å². The molecular formula is C16H16FN5O3. The smallest absolute Gasteiger partial charge is 0.272 e. The Morgan fingerprint density at radius 3 is 2.64 bits per heavy atom. The lowest BCUT2D eigenvalue weighted by Crippen LogP contribution is -2.25. The van der Waals surface area contributed by atoms with Crippen LogP contribution in [0.25, 0.3) is 11.0 Å². The lowest BCUT2D eigenvalue weighted by atomic mass is 10.1.